The Morgan fingerprint density at radius 2 is 2.16 bits per heavy atom. The fraction of sp³-hybridized carbons (Fsp3) is 0.333. The minimum atomic E-state index is -0.839. The van der Waals surface area contributed by atoms with Gasteiger partial charge in [0.25, 0.3) is 0 Å². The third-order valence-electron chi connectivity index (χ3n) is 4.55. The van der Waals surface area contributed by atoms with Gasteiger partial charge in [-0.1, -0.05) is 30.8 Å². The highest BCUT2D eigenvalue weighted by Gasteiger charge is 2.23. The molecular formula is C18H17F2N3S2. The maximum Gasteiger partial charge on any atom is 0.191 e. The molecule has 0 fully saturated rings. The Hall–Kier alpha value is -1.73. The molecule has 1 aromatic carbocycles. The standard InChI is InChI=1S/C18H17F2N3S2/c1-9-5-6-11-13(7-9)25-17-14(11)16(21)22-18(23-17)24-8-10-3-2-4-12(19)15(10)20/h2-4,9H,5-8H2,1H3,(H2,21,22,23). The molecular weight excluding hydrogens is 360 g/mol. The molecule has 2 heterocycles. The molecule has 0 aliphatic heterocycles. The van der Waals surface area contributed by atoms with Crippen LogP contribution in [-0.4, -0.2) is 9.97 Å². The van der Waals surface area contributed by atoms with Crippen LogP contribution in [-0.2, 0) is 18.6 Å². The van der Waals surface area contributed by atoms with E-state index in [0.717, 1.165) is 35.5 Å². The number of benzene rings is 1. The number of nitrogen functional groups attached to an aromatic ring is 1. The Kier molecular flexibility index (Phi) is 4.37. The number of rotatable bonds is 3. The van der Waals surface area contributed by atoms with Gasteiger partial charge in [0, 0.05) is 16.2 Å². The molecule has 7 heteroatoms. The first-order valence-electron chi connectivity index (χ1n) is 8.16. The van der Waals surface area contributed by atoms with Gasteiger partial charge in [-0.2, -0.15) is 0 Å². The Bertz CT molecular complexity index is 955. The number of hydrogen-bond acceptors (Lipinski definition) is 5. The van der Waals surface area contributed by atoms with Crippen molar-refractivity contribution in [2.45, 2.75) is 37.1 Å². The Morgan fingerprint density at radius 1 is 1.32 bits per heavy atom. The average Bonchev–Trinajstić information content (AvgIpc) is 2.93. The number of nitrogens with zero attached hydrogens (tertiary/aromatic N) is 2. The minimum Gasteiger partial charge on any atom is -0.383 e. The zero-order chi connectivity index (χ0) is 17.6. The summed E-state index contributed by atoms with van der Waals surface area (Å²) in [6, 6.07) is 4.18. The first kappa shape index (κ1) is 16.7. The Labute approximate surface area is 152 Å². The van der Waals surface area contributed by atoms with Crippen LogP contribution in [0.3, 0.4) is 0 Å². The highest BCUT2D eigenvalue weighted by Crippen LogP contribution is 2.40. The second kappa shape index (κ2) is 6.53. The molecule has 0 saturated carbocycles. The second-order valence-corrected chi connectivity index (χ2v) is 8.45. The lowest BCUT2D eigenvalue weighted by molar-refractivity contribution is 0.502. The van der Waals surface area contributed by atoms with Crippen molar-refractivity contribution in [3.05, 3.63) is 45.8 Å². The fourth-order valence-corrected chi connectivity index (χ4v) is 5.49. The molecule has 0 bridgehead atoms. The summed E-state index contributed by atoms with van der Waals surface area (Å²) in [5.74, 6) is -0.228. The van der Waals surface area contributed by atoms with Crippen LogP contribution in [0.25, 0.3) is 10.2 Å². The monoisotopic (exact) mass is 377 g/mol. The number of aryl methyl sites for hydroxylation is 1. The van der Waals surface area contributed by atoms with Crippen LogP contribution in [0.5, 0.6) is 0 Å². The highest BCUT2D eigenvalue weighted by molar-refractivity contribution is 7.98. The summed E-state index contributed by atoms with van der Waals surface area (Å²) in [6.45, 7) is 2.26. The number of hydrogen-bond donors (Lipinski definition) is 1. The number of halogens is 2. The smallest absolute Gasteiger partial charge is 0.191 e. The van der Waals surface area contributed by atoms with Crippen LogP contribution >= 0.6 is 23.1 Å². The van der Waals surface area contributed by atoms with Gasteiger partial charge in [-0.15, -0.1) is 11.3 Å². The van der Waals surface area contributed by atoms with Crippen molar-refractivity contribution in [2.24, 2.45) is 5.92 Å². The van der Waals surface area contributed by atoms with E-state index in [0.29, 0.717) is 22.5 Å². The molecule has 130 valence electrons. The van der Waals surface area contributed by atoms with Gasteiger partial charge in [-0.05, 0) is 36.8 Å². The van der Waals surface area contributed by atoms with Gasteiger partial charge in [-0.25, -0.2) is 18.7 Å². The number of thiophene rings is 1. The summed E-state index contributed by atoms with van der Waals surface area (Å²) in [7, 11) is 0. The summed E-state index contributed by atoms with van der Waals surface area (Å²) in [6.07, 6.45) is 3.24. The largest absolute Gasteiger partial charge is 0.383 e. The molecule has 2 N–H and O–H groups in total. The molecule has 0 amide bonds. The van der Waals surface area contributed by atoms with E-state index in [-0.39, 0.29) is 5.75 Å². The molecule has 3 aromatic rings. The second-order valence-electron chi connectivity index (χ2n) is 6.42. The lowest BCUT2D eigenvalue weighted by atomic mass is 9.89. The van der Waals surface area contributed by atoms with Gasteiger partial charge < -0.3 is 5.73 Å². The minimum absolute atomic E-state index is 0.261. The van der Waals surface area contributed by atoms with Gasteiger partial charge in [0.1, 0.15) is 10.6 Å². The quantitative estimate of drug-likeness (QED) is 0.517. The summed E-state index contributed by atoms with van der Waals surface area (Å²) in [4.78, 5) is 11.2. The van der Waals surface area contributed by atoms with E-state index < -0.39 is 11.6 Å². The summed E-state index contributed by atoms with van der Waals surface area (Å²) in [5.41, 5.74) is 7.78. The van der Waals surface area contributed by atoms with Crippen molar-refractivity contribution in [3.8, 4) is 0 Å². The van der Waals surface area contributed by atoms with Crippen LogP contribution in [0.15, 0.2) is 23.4 Å². The van der Waals surface area contributed by atoms with Crippen molar-refractivity contribution < 1.29 is 8.78 Å². The van der Waals surface area contributed by atoms with E-state index in [1.165, 1.54) is 28.3 Å². The van der Waals surface area contributed by atoms with Gasteiger partial charge in [-0.3, -0.25) is 0 Å². The summed E-state index contributed by atoms with van der Waals surface area (Å²) in [5, 5.41) is 1.48. The van der Waals surface area contributed by atoms with Crippen molar-refractivity contribution >= 4 is 39.1 Å². The Balaban J connectivity index is 1.64. The molecule has 25 heavy (non-hydrogen) atoms. The predicted octanol–water partition coefficient (Wildman–Crippen LogP) is 4.97. The maximum atomic E-state index is 13.8. The van der Waals surface area contributed by atoms with Gasteiger partial charge in [0.15, 0.2) is 16.8 Å². The van der Waals surface area contributed by atoms with E-state index in [2.05, 4.69) is 16.9 Å². The van der Waals surface area contributed by atoms with Gasteiger partial charge in [0.05, 0.1) is 5.39 Å². The van der Waals surface area contributed by atoms with Crippen LogP contribution in [0.4, 0.5) is 14.6 Å². The van der Waals surface area contributed by atoms with Crippen LogP contribution in [0, 0.1) is 17.6 Å². The molecule has 3 nitrogen and oxygen atoms in total. The lowest BCUT2D eigenvalue weighted by Gasteiger charge is -2.17. The van der Waals surface area contributed by atoms with Gasteiger partial charge in [0.2, 0.25) is 0 Å². The van der Waals surface area contributed by atoms with Crippen LogP contribution in [0.2, 0.25) is 0 Å². The molecule has 1 aliphatic carbocycles. The number of anilines is 1. The molecule has 4 rings (SSSR count). The zero-order valence-electron chi connectivity index (χ0n) is 13.7. The maximum absolute atomic E-state index is 13.8. The summed E-state index contributed by atoms with van der Waals surface area (Å²) >= 11 is 2.95. The SMILES string of the molecule is CC1CCc2c(sc3nc(SCc4cccc(F)c4F)nc(N)c23)C1. The van der Waals surface area contributed by atoms with E-state index >= 15 is 0 Å². The number of nitrogens with two attached hydrogens (primary N) is 1. The average molecular weight is 377 g/mol. The van der Waals surface area contributed by atoms with Crippen LogP contribution in [0.1, 0.15) is 29.3 Å². The van der Waals surface area contributed by atoms with E-state index in [9.17, 15) is 8.78 Å². The van der Waals surface area contributed by atoms with E-state index in [1.807, 2.05) is 0 Å². The third kappa shape index (κ3) is 3.11. The molecule has 1 unspecified atom stereocenters. The zero-order valence-corrected chi connectivity index (χ0v) is 15.3. The molecule has 2 aromatic heterocycles. The summed E-state index contributed by atoms with van der Waals surface area (Å²) < 4.78 is 27.1. The molecule has 1 atom stereocenters. The van der Waals surface area contributed by atoms with E-state index in [1.54, 1.807) is 17.4 Å². The normalized spacial score (nSPS) is 17.0. The number of thioether (sulfide) groups is 1. The van der Waals surface area contributed by atoms with Crippen molar-refractivity contribution in [3.63, 3.8) is 0 Å². The predicted molar refractivity (Wildman–Crippen MR) is 98.9 cm³/mol. The van der Waals surface area contributed by atoms with Crippen LogP contribution < -0.4 is 5.73 Å². The Morgan fingerprint density at radius 3 is 3.00 bits per heavy atom. The lowest BCUT2D eigenvalue weighted by Crippen LogP contribution is -2.09. The molecule has 0 spiro atoms. The molecule has 1 aliphatic rings. The van der Waals surface area contributed by atoms with E-state index in [4.69, 9.17) is 5.73 Å². The number of aromatic nitrogens is 2. The first-order chi connectivity index (χ1) is 12.0. The molecule has 0 radical (unpaired) electrons. The van der Waals surface area contributed by atoms with Crippen molar-refractivity contribution in [2.75, 3.05) is 5.73 Å². The third-order valence-corrected chi connectivity index (χ3v) is 6.60. The van der Waals surface area contributed by atoms with Gasteiger partial charge >= 0.3 is 0 Å². The van der Waals surface area contributed by atoms with Crippen molar-refractivity contribution in [1.29, 1.82) is 0 Å². The fourth-order valence-electron chi connectivity index (χ4n) is 3.22. The number of fused-ring (bicyclic) bond motifs is 3. The topological polar surface area (TPSA) is 51.8 Å². The first-order valence-corrected chi connectivity index (χ1v) is 9.96. The molecule has 0 saturated heterocycles. The highest BCUT2D eigenvalue weighted by atomic mass is 32.2. The van der Waals surface area contributed by atoms with Crippen molar-refractivity contribution in [1.82, 2.24) is 9.97 Å².